The average Bonchev–Trinajstić information content (AvgIpc) is 2.95. The Morgan fingerprint density at radius 3 is 2.06 bits per heavy atom. The van der Waals surface area contributed by atoms with Gasteiger partial charge in [-0.1, -0.05) is 32.1 Å². The largest absolute Gasteiger partial charge is 0.373 e. The van der Waals surface area contributed by atoms with E-state index in [0.717, 1.165) is 25.7 Å². The first-order valence-corrected chi connectivity index (χ1v) is 13.4. The number of imide groups is 1. The number of ether oxygens (including phenoxy) is 1. The van der Waals surface area contributed by atoms with Gasteiger partial charge in [-0.2, -0.15) is 17.0 Å². The van der Waals surface area contributed by atoms with E-state index < -0.39 is 15.7 Å². The molecule has 0 aromatic heterocycles. The van der Waals surface area contributed by atoms with Crippen LogP contribution >= 0.6 is 0 Å². The summed E-state index contributed by atoms with van der Waals surface area (Å²) in [6.45, 7) is 6.36. The summed E-state index contributed by atoms with van der Waals surface area (Å²) in [5.41, 5.74) is -0.744. The zero-order valence-electron chi connectivity index (χ0n) is 19.3. The molecule has 1 N–H and O–H groups in total. The molecule has 3 heterocycles. The lowest BCUT2D eigenvalue weighted by Gasteiger charge is -2.40. The Balaban J connectivity index is 1.34. The van der Waals surface area contributed by atoms with Gasteiger partial charge in [0.1, 0.15) is 5.54 Å². The molecule has 11 heteroatoms. The minimum atomic E-state index is -3.55. The highest BCUT2D eigenvalue weighted by Gasteiger charge is 2.51. The molecule has 3 saturated heterocycles. The van der Waals surface area contributed by atoms with Crippen molar-refractivity contribution in [2.45, 2.75) is 76.5 Å². The van der Waals surface area contributed by atoms with E-state index >= 15 is 0 Å². The molecule has 2 unspecified atom stereocenters. The maximum Gasteiger partial charge on any atom is 0.326 e. The Kier molecular flexibility index (Phi) is 7.11. The Bertz CT molecular complexity index is 795. The van der Waals surface area contributed by atoms with E-state index in [2.05, 4.69) is 5.32 Å². The number of hydrogen-bond acceptors (Lipinski definition) is 6. The Morgan fingerprint density at radius 2 is 1.47 bits per heavy atom. The first-order chi connectivity index (χ1) is 15.2. The van der Waals surface area contributed by atoms with Gasteiger partial charge in [0.2, 0.25) is 0 Å². The highest BCUT2D eigenvalue weighted by atomic mass is 32.2. The van der Waals surface area contributed by atoms with E-state index in [1.807, 2.05) is 18.7 Å². The second-order valence-corrected chi connectivity index (χ2v) is 11.7. The summed E-state index contributed by atoms with van der Waals surface area (Å²) < 4.78 is 34.9. The number of nitrogens with one attached hydrogen (secondary N) is 1. The van der Waals surface area contributed by atoms with Gasteiger partial charge in [0.25, 0.3) is 16.1 Å². The SMILES string of the molecule is CC1CN(S(=O)(=O)N2CCN(CN3C(=O)NC4(CCCCCCC4)C3=O)CC2)CC(C)O1. The Morgan fingerprint density at radius 1 is 0.906 bits per heavy atom. The summed E-state index contributed by atoms with van der Waals surface area (Å²) in [7, 11) is -3.55. The predicted octanol–water partition coefficient (Wildman–Crippen LogP) is 0.950. The van der Waals surface area contributed by atoms with Crippen molar-refractivity contribution in [2.24, 2.45) is 0 Å². The summed E-state index contributed by atoms with van der Waals surface area (Å²) in [5.74, 6) is -0.115. The quantitative estimate of drug-likeness (QED) is 0.613. The molecule has 3 aliphatic heterocycles. The summed E-state index contributed by atoms with van der Waals surface area (Å²) >= 11 is 0. The lowest BCUT2D eigenvalue weighted by molar-refractivity contribution is -0.133. The standard InChI is InChI=1S/C21H37N5O5S/c1-17-14-25(15-18(2)31-17)32(29,30)24-12-10-23(11-13-24)16-26-19(27)21(22-20(26)28)8-6-4-3-5-7-9-21/h17-18H,3-16H2,1-2H3,(H,22,28). The van der Waals surface area contributed by atoms with Crippen molar-refractivity contribution < 1.29 is 22.7 Å². The van der Waals surface area contributed by atoms with E-state index in [9.17, 15) is 18.0 Å². The molecule has 2 atom stereocenters. The maximum absolute atomic E-state index is 13.2. The zero-order chi connectivity index (χ0) is 22.9. The number of carbonyl (C=O) groups is 2. The third-order valence-electron chi connectivity index (χ3n) is 7.16. The summed E-state index contributed by atoms with van der Waals surface area (Å²) in [4.78, 5) is 29.2. The molecule has 182 valence electrons. The molecule has 1 saturated carbocycles. The van der Waals surface area contributed by atoms with Gasteiger partial charge < -0.3 is 10.1 Å². The number of rotatable bonds is 4. The number of urea groups is 1. The van der Waals surface area contributed by atoms with E-state index in [1.54, 1.807) is 0 Å². The molecule has 32 heavy (non-hydrogen) atoms. The number of amides is 3. The first kappa shape index (κ1) is 23.9. The van der Waals surface area contributed by atoms with E-state index in [-0.39, 0.29) is 30.8 Å². The molecule has 4 fully saturated rings. The summed E-state index contributed by atoms with van der Waals surface area (Å²) in [5, 5.41) is 3.00. The molecule has 10 nitrogen and oxygen atoms in total. The minimum Gasteiger partial charge on any atom is -0.373 e. The van der Waals surface area contributed by atoms with Gasteiger partial charge in [-0.3, -0.25) is 9.69 Å². The maximum atomic E-state index is 13.2. The molecule has 1 spiro atoms. The van der Waals surface area contributed by atoms with E-state index in [4.69, 9.17) is 4.74 Å². The number of hydrogen-bond donors (Lipinski definition) is 1. The normalized spacial score (nSPS) is 31.5. The van der Waals surface area contributed by atoms with Gasteiger partial charge in [-0.05, 0) is 26.7 Å². The number of nitrogens with zero attached hydrogens (tertiary/aromatic N) is 4. The summed E-state index contributed by atoms with van der Waals surface area (Å²) in [6.07, 6.45) is 6.45. The molecular formula is C21H37N5O5S. The molecule has 4 rings (SSSR count). The van der Waals surface area contributed by atoms with Crippen LogP contribution in [0.1, 0.15) is 58.8 Å². The van der Waals surface area contributed by atoms with Crippen LogP contribution in [0.15, 0.2) is 0 Å². The monoisotopic (exact) mass is 471 g/mol. The van der Waals surface area contributed by atoms with Gasteiger partial charge in [0, 0.05) is 39.3 Å². The van der Waals surface area contributed by atoms with Gasteiger partial charge in [0.05, 0.1) is 18.9 Å². The fourth-order valence-corrected chi connectivity index (χ4v) is 7.18. The highest BCUT2D eigenvalue weighted by molar-refractivity contribution is 7.86. The average molecular weight is 472 g/mol. The van der Waals surface area contributed by atoms with Gasteiger partial charge in [-0.25, -0.2) is 9.69 Å². The van der Waals surface area contributed by atoms with Crippen molar-refractivity contribution >= 4 is 22.1 Å². The molecule has 0 aromatic rings. The van der Waals surface area contributed by atoms with Crippen molar-refractivity contribution in [2.75, 3.05) is 45.9 Å². The van der Waals surface area contributed by atoms with Crippen molar-refractivity contribution in [1.29, 1.82) is 0 Å². The molecule has 3 amide bonds. The second-order valence-electron chi connectivity index (χ2n) is 9.75. The number of morpholine rings is 1. The van der Waals surface area contributed by atoms with Gasteiger partial charge in [0.15, 0.2) is 0 Å². The van der Waals surface area contributed by atoms with Crippen LogP contribution in [0.5, 0.6) is 0 Å². The van der Waals surface area contributed by atoms with E-state index in [0.29, 0.717) is 52.1 Å². The molecule has 0 bridgehead atoms. The van der Waals surface area contributed by atoms with Crippen molar-refractivity contribution in [3.8, 4) is 0 Å². The Labute approximate surface area is 191 Å². The summed E-state index contributed by atoms with van der Waals surface area (Å²) in [6, 6.07) is -0.318. The number of piperazine rings is 1. The molecular weight excluding hydrogens is 434 g/mol. The van der Waals surface area contributed by atoms with Gasteiger partial charge >= 0.3 is 6.03 Å². The molecule has 0 radical (unpaired) electrons. The lowest BCUT2D eigenvalue weighted by Crippen LogP contribution is -2.58. The van der Waals surface area contributed by atoms with Crippen molar-refractivity contribution in [3.05, 3.63) is 0 Å². The van der Waals surface area contributed by atoms with Gasteiger partial charge in [-0.15, -0.1) is 0 Å². The molecule has 1 aliphatic carbocycles. The predicted molar refractivity (Wildman–Crippen MR) is 119 cm³/mol. The third kappa shape index (κ3) is 4.82. The minimum absolute atomic E-state index is 0.115. The fraction of sp³-hybridized carbons (Fsp3) is 0.905. The molecule has 4 aliphatic rings. The highest BCUT2D eigenvalue weighted by Crippen LogP contribution is 2.32. The fourth-order valence-electron chi connectivity index (χ4n) is 5.44. The van der Waals surface area contributed by atoms with Crippen LogP contribution in [-0.4, -0.2) is 102 Å². The zero-order valence-corrected chi connectivity index (χ0v) is 20.1. The van der Waals surface area contributed by atoms with Crippen molar-refractivity contribution in [1.82, 2.24) is 23.7 Å². The third-order valence-corrected chi connectivity index (χ3v) is 9.13. The van der Waals surface area contributed by atoms with Crippen LogP contribution in [0.25, 0.3) is 0 Å². The van der Waals surface area contributed by atoms with Crippen LogP contribution in [0, 0.1) is 0 Å². The Hall–Kier alpha value is -1.27. The first-order valence-electron chi connectivity index (χ1n) is 12.0. The van der Waals surface area contributed by atoms with Crippen LogP contribution in [0.3, 0.4) is 0 Å². The van der Waals surface area contributed by atoms with Crippen LogP contribution in [0.4, 0.5) is 4.79 Å². The lowest BCUT2D eigenvalue weighted by atomic mass is 9.84. The van der Waals surface area contributed by atoms with Crippen LogP contribution in [-0.2, 0) is 19.7 Å². The number of carbonyl (C=O) groups excluding carboxylic acids is 2. The van der Waals surface area contributed by atoms with Crippen molar-refractivity contribution in [3.63, 3.8) is 0 Å². The second kappa shape index (κ2) is 9.54. The topological polar surface area (TPSA) is 103 Å². The van der Waals surface area contributed by atoms with Crippen LogP contribution in [0.2, 0.25) is 0 Å². The van der Waals surface area contributed by atoms with Crippen LogP contribution < -0.4 is 5.32 Å². The molecule has 0 aromatic carbocycles. The van der Waals surface area contributed by atoms with E-state index in [1.165, 1.54) is 19.9 Å². The smallest absolute Gasteiger partial charge is 0.326 e.